The van der Waals surface area contributed by atoms with Crippen LogP contribution in [0.15, 0.2) is 28.5 Å². The second-order valence-electron chi connectivity index (χ2n) is 4.53. The lowest BCUT2D eigenvalue weighted by molar-refractivity contribution is 0.275. The van der Waals surface area contributed by atoms with E-state index in [9.17, 15) is 12.8 Å². The number of aliphatic hydroxyl groups is 1. The first-order chi connectivity index (χ1) is 9.84. The molecule has 0 bridgehead atoms. The lowest BCUT2D eigenvalue weighted by Gasteiger charge is -2.16. The summed E-state index contributed by atoms with van der Waals surface area (Å²) < 4.78 is 39.3. The number of sulfonamides is 1. The number of hydrogen-bond donors (Lipinski definition) is 1. The van der Waals surface area contributed by atoms with E-state index in [1.54, 1.807) is 5.38 Å². The molecule has 1 heterocycles. The Morgan fingerprint density at radius 3 is 2.71 bits per heavy atom. The molecular weight excluding hydrogens is 315 g/mol. The molecule has 1 N–H and O–H groups in total. The van der Waals surface area contributed by atoms with Crippen LogP contribution in [-0.2, 0) is 23.2 Å². The lowest BCUT2D eigenvalue weighted by atomic mass is 10.2. The third-order valence-corrected chi connectivity index (χ3v) is 5.57. The molecular formula is C13H15FN2O3S2. The van der Waals surface area contributed by atoms with Crippen LogP contribution in [0.25, 0.3) is 0 Å². The van der Waals surface area contributed by atoms with E-state index in [0.29, 0.717) is 5.69 Å². The van der Waals surface area contributed by atoms with E-state index in [1.807, 2.05) is 6.92 Å². The molecule has 2 aromatic rings. The van der Waals surface area contributed by atoms with Gasteiger partial charge in [-0.25, -0.2) is 17.8 Å². The summed E-state index contributed by atoms with van der Waals surface area (Å²) in [4.78, 5) is 4.16. The van der Waals surface area contributed by atoms with E-state index in [1.165, 1.54) is 24.5 Å². The van der Waals surface area contributed by atoms with Crippen LogP contribution in [0.4, 0.5) is 4.39 Å². The Balaban J connectivity index is 2.28. The monoisotopic (exact) mass is 330 g/mol. The van der Waals surface area contributed by atoms with Gasteiger partial charge in [-0.1, -0.05) is 0 Å². The van der Waals surface area contributed by atoms with Crippen LogP contribution in [0.5, 0.6) is 0 Å². The number of benzene rings is 1. The smallest absolute Gasteiger partial charge is 0.243 e. The number of hydrogen-bond acceptors (Lipinski definition) is 5. The molecule has 0 saturated carbocycles. The summed E-state index contributed by atoms with van der Waals surface area (Å²) in [6.45, 7) is 1.43. The van der Waals surface area contributed by atoms with E-state index in [2.05, 4.69) is 4.98 Å². The summed E-state index contributed by atoms with van der Waals surface area (Å²) in [6, 6.07) is 3.37. The predicted octanol–water partition coefficient (Wildman–Crippen LogP) is 1.90. The van der Waals surface area contributed by atoms with Gasteiger partial charge in [-0.3, -0.25) is 0 Å². The Labute approximate surface area is 126 Å². The average Bonchev–Trinajstić information content (AvgIpc) is 2.84. The van der Waals surface area contributed by atoms with Gasteiger partial charge in [0.2, 0.25) is 10.0 Å². The Hall–Kier alpha value is -1.35. The van der Waals surface area contributed by atoms with Crippen molar-refractivity contribution >= 4 is 21.4 Å². The van der Waals surface area contributed by atoms with Crippen LogP contribution in [0.3, 0.4) is 0 Å². The summed E-state index contributed by atoms with van der Waals surface area (Å²) in [6.07, 6.45) is 0. The van der Waals surface area contributed by atoms with Crippen molar-refractivity contribution in [1.82, 2.24) is 9.29 Å². The molecule has 0 unspecified atom stereocenters. The maximum atomic E-state index is 13.3. The van der Waals surface area contributed by atoms with Gasteiger partial charge in [0.05, 0.1) is 28.7 Å². The molecule has 0 radical (unpaired) electrons. The number of thiazole rings is 1. The fraction of sp³-hybridized carbons (Fsp3) is 0.308. The van der Waals surface area contributed by atoms with Gasteiger partial charge in [0.15, 0.2) is 0 Å². The average molecular weight is 330 g/mol. The maximum absolute atomic E-state index is 13.3. The number of aliphatic hydroxyl groups excluding tert-OH is 1. The Morgan fingerprint density at radius 2 is 2.14 bits per heavy atom. The van der Waals surface area contributed by atoms with Crippen molar-refractivity contribution in [2.75, 3.05) is 7.05 Å². The van der Waals surface area contributed by atoms with Crippen LogP contribution in [0, 0.1) is 12.7 Å². The van der Waals surface area contributed by atoms with Gasteiger partial charge in [-0.2, -0.15) is 4.31 Å². The standard InChI is InChI=1S/C13H15FN2O3S2/c1-9-15-11(8-20-9)6-16(2)21(18,19)12-3-4-13(14)10(5-12)7-17/h3-5,8,17H,6-7H2,1-2H3. The number of rotatable bonds is 5. The minimum Gasteiger partial charge on any atom is -0.392 e. The van der Waals surface area contributed by atoms with Crippen molar-refractivity contribution in [3.63, 3.8) is 0 Å². The highest BCUT2D eigenvalue weighted by atomic mass is 32.2. The van der Waals surface area contributed by atoms with Crippen LogP contribution in [0.2, 0.25) is 0 Å². The molecule has 114 valence electrons. The highest BCUT2D eigenvalue weighted by Crippen LogP contribution is 2.20. The molecule has 21 heavy (non-hydrogen) atoms. The van der Waals surface area contributed by atoms with E-state index >= 15 is 0 Å². The number of nitrogens with zero attached hydrogens (tertiary/aromatic N) is 2. The molecule has 0 fully saturated rings. The third kappa shape index (κ3) is 3.46. The minimum atomic E-state index is -3.76. The third-order valence-electron chi connectivity index (χ3n) is 2.95. The summed E-state index contributed by atoms with van der Waals surface area (Å²) >= 11 is 1.45. The number of aromatic nitrogens is 1. The quantitative estimate of drug-likeness (QED) is 0.909. The second-order valence-corrected chi connectivity index (χ2v) is 7.64. The molecule has 0 aliphatic heterocycles. The molecule has 0 atom stereocenters. The Bertz CT molecular complexity index is 744. The first-order valence-electron chi connectivity index (χ1n) is 6.11. The van der Waals surface area contributed by atoms with Crippen LogP contribution < -0.4 is 0 Å². The molecule has 1 aromatic carbocycles. The van der Waals surface area contributed by atoms with Gasteiger partial charge in [0.25, 0.3) is 0 Å². The molecule has 5 nitrogen and oxygen atoms in total. The predicted molar refractivity (Wildman–Crippen MR) is 77.8 cm³/mol. The number of halogens is 1. The van der Waals surface area contributed by atoms with Crippen LogP contribution in [-0.4, -0.2) is 29.9 Å². The maximum Gasteiger partial charge on any atom is 0.243 e. The molecule has 0 saturated heterocycles. The zero-order valence-electron chi connectivity index (χ0n) is 11.6. The first kappa shape index (κ1) is 16.0. The molecule has 0 amide bonds. The second kappa shape index (κ2) is 6.18. The number of aryl methyl sites for hydroxylation is 1. The van der Waals surface area contributed by atoms with Crippen molar-refractivity contribution in [1.29, 1.82) is 0 Å². The zero-order valence-corrected chi connectivity index (χ0v) is 13.2. The normalized spacial score (nSPS) is 12.0. The Kier molecular flexibility index (Phi) is 4.72. The molecule has 8 heteroatoms. The summed E-state index contributed by atoms with van der Waals surface area (Å²) in [5.41, 5.74) is 0.613. The SMILES string of the molecule is Cc1nc(CN(C)S(=O)(=O)c2ccc(F)c(CO)c2)cs1. The fourth-order valence-corrected chi connectivity index (χ4v) is 3.60. The van der Waals surface area contributed by atoms with Gasteiger partial charge in [0.1, 0.15) is 5.82 Å². The first-order valence-corrected chi connectivity index (χ1v) is 8.43. The highest BCUT2D eigenvalue weighted by Gasteiger charge is 2.22. The van der Waals surface area contributed by atoms with Gasteiger partial charge in [-0.05, 0) is 25.1 Å². The molecule has 1 aromatic heterocycles. The van der Waals surface area contributed by atoms with Crippen molar-refractivity contribution in [2.24, 2.45) is 0 Å². The van der Waals surface area contributed by atoms with E-state index < -0.39 is 22.4 Å². The Morgan fingerprint density at radius 1 is 1.43 bits per heavy atom. The van der Waals surface area contributed by atoms with Gasteiger partial charge in [0, 0.05) is 18.0 Å². The van der Waals surface area contributed by atoms with E-state index in [0.717, 1.165) is 21.4 Å². The summed E-state index contributed by atoms with van der Waals surface area (Å²) in [7, 11) is -2.32. The zero-order chi connectivity index (χ0) is 15.6. The van der Waals surface area contributed by atoms with Gasteiger partial charge >= 0.3 is 0 Å². The van der Waals surface area contributed by atoms with Crippen molar-refractivity contribution in [3.8, 4) is 0 Å². The molecule has 2 rings (SSSR count). The van der Waals surface area contributed by atoms with Crippen LogP contribution in [0.1, 0.15) is 16.3 Å². The summed E-state index contributed by atoms with van der Waals surface area (Å²) in [5, 5.41) is 11.7. The lowest BCUT2D eigenvalue weighted by Crippen LogP contribution is -2.26. The van der Waals surface area contributed by atoms with Gasteiger partial charge < -0.3 is 5.11 Å². The van der Waals surface area contributed by atoms with Crippen molar-refractivity contribution < 1.29 is 17.9 Å². The van der Waals surface area contributed by atoms with Crippen LogP contribution >= 0.6 is 11.3 Å². The van der Waals surface area contributed by atoms with E-state index in [4.69, 9.17) is 5.11 Å². The molecule has 0 spiro atoms. The van der Waals surface area contributed by atoms with E-state index in [-0.39, 0.29) is 17.0 Å². The fourth-order valence-electron chi connectivity index (χ4n) is 1.81. The highest BCUT2D eigenvalue weighted by molar-refractivity contribution is 7.89. The van der Waals surface area contributed by atoms with Crippen molar-refractivity contribution in [2.45, 2.75) is 25.0 Å². The largest absolute Gasteiger partial charge is 0.392 e. The molecule has 0 aliphatic carbocycles. The topological polar surface area (TPSA) is 70.5 Å². The van der Waals surface area contributed by atoms with Gasteiger partial charge in [-0.15, -0.1) is 11.3 Å². The molecule has 0 aliphatic rings. The summed E-state index contributed by atoms with van der Waals surface area (Å²) in [5.74, 6) is -0.630. The minimum absolute atomic E-state index is 0.0472. The van der Waals surface area contributed by atoms with Crippen molar-refractivity contribution in [3.05, 3.63) is 45.7 Å².